The number of esters is 1. The first-order valence-electron chi connectivity index (χ1n) is 20.7. The molecule has 0 saturated carbocycles. The van der Waals surface area contributed by atoms with Crippen molar-refractivity contribution in [2.24, 2.45) is 23.5 Å². The quantitative estimate of drug-likeness (QED) is 0.202. The number of halogens is 1. The summed E-state index contributed by atoms with van der Waals surface area (Å²) in [5, 5.41) is 11.1. The van der Waals surface area contributed by atoms with Crippen molar-refractivity contribution in [1.29, 1.82) is 0 Å². The number of carbonyl (C=O) groups excluding carboxylic acids is 7. The summed E-state index contributed by atoms with van der Waals surface area (Å²) in [6, 6.07) is -0.175. The van der Waals surface area contributed by atoms with Gasteiger partial charge in [-0.05, 0) is 82.9 Å². The van der Waals surface area contributed by atoms with E-state index in [1.54, 1.807) is 19.9 Å². The van der Waals surface area contributed by atoms with Gasteiger partial charge in [0.2, 0.25) is 29.5 Å². The molecule has 0 aromatic heterocycles. The van der Waals surface area contributed by atoms with Crippen LogP contribution in [0.4, 0.5) is 4.39 Å². The highest BCUT2D eigenvalue weighted by Gasteiger charge is 2.36. The second kappa shape index (κ2) is 23.6. The summed E-state index contributed by atoms with van der Waals surface area (Å²) in [6.45, 7) is 16.9. The van der Waals surface area contributed by atoms with Crippen LogP contribution in [0, 0.1) is 23.6 Å². The van der Waals surface area contributed by atoms with Gasteiger partial charge in [-0.1, -0.05) is 70.9 Å². The predicted octanol–water partition coefficient (Wildman–Crippen LogP) is 2.92. The van der Waals surface area contributed by atoms with Crippen LogP contribution in [0.15, 0.2) is 47.6 Å². The molecule has 15 nitrogen and oxygen atoms in total. The van der Waals surface area contributed by atoms with Crippen molar-refractivity contribution in [3.63, 3.8) is 0 Å². The number of nitrogens with zero attached hydrogens (tertiary/aromatic N) is 2. The van der Waals surface area contributed by atoms with Crippen LogP contribution >= 0.6 is 0 Å². The van der Waals surface area contributed by atoms with E-state index < -0.39 is 96.1 Å². The van der Waals surface area contributed by atoms with Crippen LogP contribution in [0.1, 0.15) is 94.1 Å². The highest BCUT2D eigenvalue weighted by Crippen LogP contribution is 2.20. The molecule has 1 aliphatic rings. The fourth-order valence-electron chi connectivity index (χ4n) is 6.73. The van der Waals surface area contributed by atoms with Crippen LogP contribution in [0.3, 0.4) is 0 Å². The number of cyclic esters (lactones) is 1. The average Bonchev–Trinajstić information content (AvgIpc) is 3.20. The van der Waals surface area contributed by atoms with Gasteiger partial charge in [0, 0.05) is 32.1 Å². The van der Waals surface area contributed by atoms with E-state index in [0.29, 0.717) is 12.0 Å². The lowest BCUT2D eigenvalue weighted by Gasteiger charge is -2.33. The van der Waals surface area contributed by atoms with Crippen LogP contribution < -0.4 is 27.0 Å². The zero-order chi connectivity index (χ0) is 45.6. The molecule has 0 saturated heterocycles. The molecule has 1 aromatic carbocycles. The third-order valence-corrected chi connectivity index (χ3v) is 11.2. The number of ether oxygens (including phenoxy) is 1. The van der Waals surface area contributed by atoms with E-state index >= 15 is 0 Å². The molecule has 2 rings (SSSR count). The minimum absolute atomic E-state index is 0.0676. The molecule has 1 aromatic rings. The third-order valence-electron chi connectivity index (χ3n) is 11.2. The van der Waals surface area contributed by atoms with E-state index in [4.69, 9.17) is 10.5 Å². The summed E-state index contributed by atoms with van der Waals surface area (Å²) in [4.78, 5) is 98.2. The second-order valence-electron chi connectivity index (χ2n) is 16.6. The van der Waals surface area contributed by atoms with Crippen molar-refractivity contribution in [2.45, 2.75) is 137 Å². The fraction of sp³-hybridized carbons (Fsp3) is 0.614. The summed E-state index contributed by atoms with van der Waals surface area (Å²) < 4.78 is 19.5. The zero-order valence-corrected chi connectivity index (χ0v) is 37.4. The molecule has 60 heavy (non-hydrogen) atoms. The molecule has 0 aliphatic carbocycles. The lowest BCUT2D eigenvalue weighted by Crippen LogP contribution is -2.58. The predicted molar refractivity (Wildman–Crippen MR) is 227 cm³/mol. The number of hydrogen-bond donors (Lipinski definition) is 5. The van der Waals surface area contributed by atoms with E-state index in [1.807, 2.05) is 47.6 Å². The molecule has 2 unspecified atom stereocenters. The van der Waals surface area contributed by atoms with Gasteiger partial charge >= 0.3 is 5.97 Å². The Kier molecular flexibility index (Phi) is 20.1. The van der Waals surface area contributed by atoms with E-state index in [1.165, 1.54) is 52.2 Å². The Hall–Kier alpha value is -5.12. The van der Waals surface area contributed by atoms with Crippen molar-refractivity contribution < 1.29 is 42.7 Å². The first kappa shape index (κ1) is 51.0. The minimum Gasteiger partial charge on any atom is -0.449 e. The van der Waals surface area contributed by atoms with E-state index in [0.717, 1.165) is 15.4 Å². The molecule has 6 amide bonds. The molecule has 1 aliphatic heterocycles. The summed E-state index contributed by atoms with van der Waals surface area (Å²) in [6.07, 6.45) is 3.01. The number of allylic oxidation sites excluding steroid dienone is 1. The van der Waals surface area contributed by atoms with Crippen molar-refractivity contribution in [3.8, 4) is 0 Å². The maximum atomic E-state index is 14.1. The van der Waals surface area contributed by atoms with Crippen molar-refractivity contribution in [1.82, 2.24) is 31.1 Å². The number of amides is 6. The smallest absolute Gasteiger partial charge is 0.334 e. The fourth-order valence-corrected chi connectivity index (χ4v) is 6.73. The highest BCUT2D eigenvalue weighted by molar-refractivity contribution is 5.96. The van der Waals surface area contributed by atoms with Gasteiger partial charge < -0.3 is 41.5 Å². The Balaban J connectivity index is 2.63. The number of nitrogens with one attached hydrogen (secondary N) is 4. The zero-order valence-electron chi connectivity index (χ0n) is 37.4. The summed E-state index contributed by atoms with van der Waals surface area (Å²) >= 11 is 0. The van der Waals surface area contributed by atoms with Crippen molar-refractivity contribution in [3.05, 3.63) is 58.9 Å². The molecule has 334 valence electrons. The van der Waals surface area contributed by atoms with Gasteiger partial charge in [0.1, 0.15) is 30.0 Å². The molecule has 0 spiro atoms. The average molecular weight is 842 g/mol. The number of benzene rings is 1. The second-order valence-corrected chi connectivity index (χ2v) is 16.6. The SMILES string of the molecule is C/C=C(\C)[C@H]1NC(=O)[C@@H](C)NC(=O)C(C(C)CC)NC(=O)CN(C)C(=O)[C@@H](Cc2ccc(F)cc2)N(C)C(=O)[C@H](C)NC(=O)[C@@H](CC(C)C)OC(=O)/C(C)=C/C[C@H](N)[C@@H]1C. The maximum absolute atomic E-state index is 14.1. The number of carbonyl (C=O) groups is 7. The van der Waals surface area contributed by atoms with Crippen LogP contribution in [0.2, 0.25) is 0 Å². The Bertz CT molecular complexity index is 1750. The monoisotopic (exact) mass is 842 g/mol. The van der Waals surface area contributed by atoms with Crippen molar-refractivity contribution >= 4 is 41.4 Å². The number of nitrogens with two attached hydrogens (primary N) is 1. The Labute approximate surface area is 354 Å². The topological polar surface area (TPSA) is 209 Å². The number of rotatable bonds is 7. The summed E-state index contributed by atoms with van der Waals surface area (Å²) in [7, 11) is 2.76. The summed E-state index contributed by atoms with van der Waals surface area (Å²) in [5.41, 5.74) is 8.18. The molecule has 0 fully saturated rings. The largest absolute Gasteiger partial charge is 0.449 e. The Morgan fingerprint density at radius 3 is 2.07 bits per heavy atom. The third kappa shape index (κ3) is 14.9. The van der Waals surface area contributed by atoms with E-state index in [9.17, 15) is 38.0 Å². The van der Waals surface area contributed by atoms with Gasteiger partial charge in [-0.2, -0.15) is 0 Å². The first-order valence-corrected chi connectivity index (χ1v) is 20.7. The standard InChI is InChI=1S/C44H68FN7O8/c1-13-25(5)37-28(8)33(46)20-15-27(7)44(59)60-35(21-24(3)4)40(55)48-30(10)42(57)52(12)34(22-31-16-18-32(45)19-17-31)43(58)51(11)23-36(53)49-38(26(6)14-2)41(56)47-29(9)39(54)50-37/h13,15-19,24,26,28-30,33-35,37-38H,14,20-23,46H2,1-12H3,(H,47,56)(H,48,55)(H,49,53)(H,50,54)/b25-13+,27-15+/t26?,28-,29+,30-,33-,34+,35+,37+,38?/m0/s1. The van der Waals surface area contributed by atoms with Crippen LogP contribution in [-0.2, 0) is 44.7 Å². The lowest BCUT2D eigenvalue weighted by molar-refractivity contribution is -0.154. The molecule has 1 heterocycles. The Morgan fingerprint density at radius 1 is 0.900 bits per heavy atom. The van der Waals surface area contributed by atoms with Gasteiger partial charge in [0.25, 0.3) is 5.91 Å². The van der Waals surface area contributed by atoms with Gasteiger partial charge in [-0.15, -0.1) is 0 Å². The molecule has 0 radical (unpaired) electrons. The van der Waals surface area contributed by atoms with E-state index in [2.05, 4.69) is 21.3 Å². The molecule has 16 heteroatoms. The normalized spacial score (nSPS) is 28.6. The van der Waals surface area contributed by atoms with Crippen LogP contribution in [0.5, 0.6) is 0 Å². The highest BCUT2D eigenvalue weighted by atomic mass is 19.1. The number of likely N-dealkylation sites (N-methyl/N-ethyl adjacent to an activating group) is 2. The molecule has 6 N–H and O–H groups in total. The van der Waals surface area contributed by atoms with E-state index in [-0.39, 0.29) is 42.6 Å². The first-order chi connectivity index (χ1) is 28.0. The van der Waals surface area contributed by atoms with Crippen molar-refractivity contribution in [2.75, 3.05) is 20.6 Å². The molecule has 0 bridgehead atoms. The molecular formula is C44H68FN7O8. The van der Waals surface area contributed by atoms with Gasteiger partial charge in [-0.3, -0.25) is 28.8 Å². The maximum Gasteiger partial charge on any atom is 0.334 e. The summed E-state index contributed by atoms with van der Waals surface area (Å²) in [5.74, 6) is -5.80. The van der Waals surface area contributed by atoms with Crippen LogP contribution in [0.25, 0.3) is 0 Å². The number of hydrogen-bond acceptors (Lipinski definition) is 9. The lowest BCUT2D eigenvalue weighted by atomic mass is 9.87. The minimum atomic E-state index is -1.26. The van der Waals surface area contributed by atoms with Gasteiger partial charge in [-0.25, -0.2) is 9.18 Å². The molecule has 9 atom stereocenters. The molecular weight excluding hydrogens is 774 g/mol. The van der Waals surface area contributed by atoms with Gasteiger partial charge in [0.15, 0.2) is 6.10 Å². The van der Waals surface area contributed by atoms with Crippen LogP contribution in [-0.4, -0.2) is 114 Å². The Morgan fingerprint density at radius 2 is 1.50 bits per heavy atom. The van der Waals surface area contributed by atoms with Gasteiger partial charge in [0.05, 0.1) is 12.6 Å².